The number of nitrogens with zero attached hydrogens (tertiary/aromatic N) is 3. The van der Waals surface area contributed by atoms with Gasteiger partial charge in [0.05, 0.1) is 11.3 Å². The molecule has 1 atom stereocenters. The van der Waals surface area contributed by atoms with Crippen LogP contribution in [0.4, 0.5) is 0 Å². The third kappa shape index (κ3) is 3.44. The zero-order chi connectivity index (χ0) is 19.5. The molecular weight excluding hydrogens is 380 g/mol. The van der Waals surface area contributed by atoms with Gasteiger partial charge in [-0.15, -0.1) is 0 Å². The first-order valence-electron chi connectivity index (χ1n) is 8.67. The third-order valence-electron chi connectivity index (χ3n) is 4.39. The Labute approximate surface area is 165 Å². The molecule has 0 unspecified atom stereocenters. The number of furan rings is 1. The van der Waals surface area contributed by atoms with E-state index in [1.165, 1.54) is 0 Å². The van der Waals surface area contributed by atoms with Gasteiger partial charge in [0.15, 0.2) is 0 Å². The molecule has 1 N–H and O–H groups in total. The van der Waals surface area contributed by atoms with Crippen molar-refractivity contribution in [2.75, 3.05) is 6.54 Å². The SMILES string of the molecule is Cc1onc(-c2ccccc2Cl)c1C(=O)NC[C@H](c1ccco1)n1cccn1. The molecule has 0 saturated heterocycles. The summed E-state index contributed by atoms with van der Waals surface area (Å²) in [6, 6.07) is 12.4. The highest BCUT2D eigenvalue weighted by Crippen LogP contribution is 2.31. The van der Waals surface area contributed by atoms with Crippen molar-refractivity contribution in [3.05, 3.63) is 83.2 Å². The van der Waals surface area contributed by atoms with E-state index < -0.39 is 0 Å². The van der Waals surface area contributed by atoms with Crippen molar-refractivity contribution in [2.45, 2.75) is 13.0 Å². The summed E-state index contributed by atoms with van der Waals surface area (Å²) in [7, 11) is 0. The lowest BCUT2D eigenvalue weighted by Crippen LogP contribution is -2.31. The fourth-order valence-electron chi connectivity index (χ4n) is 3.02. The number of nitrogens with one attached hydrogen (secondary N) is 1. The number of hydrogen-bond donors (Lipinski definition) is 1. The second-order valence-electron chi connectivity index (χ2n) is 6.17. The summed E-state index contributed by atoms with van der Waals surface area (Å²) in [5, 5.41) is 11.7. The molecule has 0 radical (unpaired) electrons. The van der Waals surface area contributed by atoms with E-state index in [1.54, 1.807) is 42.3 Å². The molecule has 0 aliphatic carbocycles. The van der Waals surface area contributed by atoms with Crippen LogP contribution in [-0.4, -0.2) is 27.4 Å². The van der Waals surface area contributed by atoms with Gasteiger partial charge in [-0.05, 0) is 31.2 Å². The average molecular weight is 397 g/mol. The standard InChI is InChI=1S/C20H17ClN4O3/c1-13-18(19(24-28-13)14-6-2-3-7-15(14)21)20(26)22-12-16(17-8-4-11-27-17)25-10-5-9-23-25/h2-11,16H,12H2,1H3,(H,22,26)/t16-/m1/s1. The minimum absolute atomic E-state index is 0.278. The van der Waals surface area contributed by atoms with E-state index in [1.807, 2.05) is 30.5 Å². The molecule has 1 aromatic carbocycles. The van der Waals surface area contributed by atoms with E-state index >= 15 is 0 Å². The fourth-order valence-corrected chi connectivity index (χ4v) is 3.25. The van der Waals surface area contributed by atoms with Gasteiger partial charge in [0.25, 0.3) is 5.91 Å². The Hall–Kier alpha value is -3.32. The molecule has 28 heavy (non-hydrogen) atoms. The Bertz CT molecular complexity index is 1040. The van der Waals surface area contributed by atoms with Crippen LogP contribution >= 0.6 is 11.6 Å². The summed E-state index contributed by atoms with van der Waals surface area (Å²) >= 11 is 6.27. The van der Waals surface area contributed by atoms with Gasteiger partial charge in [-0.2, -0.15) is 5.10 Å². The number of halogens is 1. The van der Waals surface area contributed by atoms with Crippen LogP contribution in [0.5, 0.6) is 0 Å². The zero-order valence-electron chi connectivity index (χ0n) is 15.0. The number of carbonyl (C=O) groups excluding carboxylic acids is 1. The van der Waals surface area contributed by atoms with Gasteiger partial charge in [0, 0.05) is 24.5 Å². The Morgan fingerprint density at radius 1 is 1.25 bits per heavy atom. The van der Waals surface area contributed by atoms with E-state index in [-0.39, 0.29) is 18.5 Å². The lowest BCUT2D eigenvalue weighted by molar-refractivity contribution is 0.0947. The van der Waals surface area contributed by atoms with Crippen LogP contribution in [0, 0.1) is 6.92 Å². The molecule has 142 valence electrons. The summed E-state index contributed by atoms with van der Waals surface area (Å²) in [5.74, 6) is 0.802. The van der Waals surface area contributed by atoms with Crippen molar-refractivity contribution in [3.63, 3.8) is 0 Å². The van der Waals surface area contributed by atoms with Gasteiger partial charge >= 0.3 is 0 Å². The second kappa shape index (κ2) is 7.74. The maximum Gasteiger partial charge on any atom is 0.257 e. The van der Waals surface area contributed by atoms with E-state index in [9.17, 15) is 4.79 Å². The molecule has 0 aliphatic heterocycles. The van der Waals surface area contributed by atoms with Crippen molar-refractivity contribution >= 4 is 17.5 Å². The van der Waals surface area contributed by atoms with Crippen LogP contribution in [0.3, 0.4) is 0 Å². The predicted octanol–water partition coefficient (Wildman–Crippen LogP) is 4.11. The van der Waals surface area contributed by atoms with Gasteiger partial charge in [-0.3, -0.25) is 9.48 Å². The average Bonchev–Trinajstić information content (AvgIpc) is 3.44. The number of amides is 1. The van der Waals surface area contributed by atoms with E-state index in [0.29, 0.717) is 33.4 Å². The minimum Gasteiger partial charge on any atom is -0.467 e. The molecule has 0 aliphatic rings. The van der Waals surface area contributed by atoms with Crippen molar-refractivity contribution in [2.24, 2.45) is 0 Å². The normalized spacial score (nSPS) is 12.1. The van der Waals surface area contributed by atoms with Gasteiger partial charge in [-0.1, -0.05) is 35.0 Å². The van der Waals surface area contributed by atoms with Gasteiger partial charge in [0.1, 0.15) is 28.8 Å². The van der Waals surface area contributed by atoms with Gasteiger partial charge < -0.3 is 14.3 Å². The third-order valence-corrected chi connectivity index (χ3v) is 4.72. The first kappa shape index (κ1) is 18.1. The minimum atomic E-state index is -0.308. The topological polar surface area (TPSA) is 86.1 Å². The number of aryl methyl sites for hydroxylation is 1. The Kier molecular flexibility index (Phi) is 4.99. The van der Waals surface area contributed by atoms with Gasteiger partial charge in [0.2, 0.25) is 0 Å². The van der Waals surface area contributed by atoms with Crippen LogP contribution in [0.25, 0.3) is 11.3 Å². The summed E-state index contributed by atoms with van der Waals surface area (Å²) in [6.07, 6.45) is 5.09. The number of carbonyl (C=O) groups is 1. The quantitative estimate of drug-likeness (QED) is 0.530. The highest BCUT2D eigenvalue weighted by Gasteiger charge is 2.25. The Balaban J connectivity index is 1.59. The lowest BCUT2D eigenvalue weighted by Gasteiger charge is -2.16. The lowest BCUT2D eigenvalue weighted by atomic mass is 10.1. The maximum absolute atomic E-state index is 13.0. The van der Waals surface area contributed by atoms with E-state index in [2.05, 4.69) is 15.6 Å². The monoisotopic (exact) mass is 396 g/mol. The number of hydrogen-bond acceptors (Lipinski definition) is 5. The maximum atomic E-state index is 13.0. The van der Waals surface area contributed by atoms with Crippen LogP contribution in [-0.2, 0) is 0 Å². The van der Waals surface area contributed by atoms with E-state index in [0.717, 1.165) is 0 Å². The van der Waals surface area contributed by atoms with Crippen molar-refractivity contribution < 1.29 is 13.7 Å². The smallest absolute Gasteiger partial charge is 0.257 e. The van der Waals surface area contributed by atoms with Crippen LogP contribution in [0.15, 0.2) is 70.1 Å². The molecule has 0 fully saturated rings. The summed E-state index contributed by atoms with van der Waals surface area (Å²) < 4.78 is 12.5. The van der Waals surface area contributed by atoms with Gasteiger partial charge in [-0.25, -0.2) is 0 Å². The largest absolute Gasteiger partial charge is 0.467 e. The molecular formula is C20H17ClN4O3. The second-order valence-corrected chi connectivity index (χ2v) is 6.58. The van der Waals surface area contributed by atoms with Crippen molar-refractivity contribution in [1.82, 2.24) is 20.3 Å². The summed E-state index contributed by atoms with van der Waals surface area (Å²) in [4.78, 5) is 13.0. The molecule has 3 heterocycles. The zero-order valence-corrected chi connectivity index (χ0v) is 15.8. The Morgan fingerprint density at radius 2 is 2.11 bits per heavy atom. The summed E-state index contributed by atoms with van der Waals surface area (Å²) in [6.45, 7) is 1.97. The summed E-state index contributed by atoms with van der Waals surface area (Å²) in [5.41, 5.74) is 1.40. The molecule has 0 spiro atoms. The molecule has 0 saturated carbocycles. The van der Waals surface area contributed by atoms with E-state index in [4.69, 9.17) is 20.5 Å². The first-order chi connectivity index (χ1) is 13.6. The van der Waals surface area contributed by atoms with Crippen molar-refractivity contribution in [3.8, 4) is 11.3 Å². The molecule has 8 heteroatoms. The number of aromatic nitrogens is 3. The van der Waals surface area contributed by atoms with Crippen LogP contribution in [0.2, 0.25) is 5.02 Å². The molecule has 1 amide bonds. The first-order valence-corrected chi connectivity index (χ1v) is 9.05. The van der Waals surface area contributed by atoms with Crippen molar-refractivity contribution in [1.29, 1.82) is 0 Å². The van der Waals surface area contributed by atoms with Crippen LogP contribution in [0.1, 0.15) is 27.9 Å². The number of rotatable bonds is 6. The highest BCUT2D eigenvalue weighted by atomic mass is 35.5. The fraction of sp³-hybridized carbons (Fsp3) is 0.150. The molecule has 4 rings (SSSR count). The predicted molar refractivity (Wildman–Crippen MR) is 103 cm³/mol. The molecule has 4 aromatic rings. The molecule has 3 aromatic heterocycles. The Morgan fingerprint density at radius 3 is 2.82 bits per heavy atom. The number of benzene rings is 1. The molecule has 0 bridgehead atoms. The van der Waals surface area contributed by atoms with Crippen LogP contribution < -0.4 is 5.32 Å². The highest BCUT2D eigenvalue weighted by molar-refractivity contribution is 6.33. The molecule has 7 nitrogen and oxygen atoms in total.